The Kier molecular flexibility index (Phi) is 6.15. The van der Waals surface area contributed by atoms with Crippen molar-refractivity contribution in [1.82, 2.24) is 10.6 Å². The molecule has 2 N–H and O–H groups in total. The maximum absolute atomic E-state index is 12.5. The maximum Gasteiger partial charge on any atom is 0.244 e. The average molecular weight is 445 g/mol. The Morgan fingerprint density at radius 3 is 2.03 bits per heavy atom. The van der Waals surface area contributed by atoms with Crippen molar-refractivity contribution in [2.24, 2.45) is 5.92 Å². The van der Waals surface area contributed by atoms with Crippen LogP contribution in [0.2, 0.25) is 0 Å². The van der Waals surface area contributed by atoms with E-state index in [1.54, 1.807) is 12.2 Å². The summed E-state index contributed by atoms with van der Waals surface area (Å²) in [5, 5.41) is 5.99. The van der Waals surface area contributed by atoms with Gasteiger partial charge in [-0.05, 0) is 77.4 Å². The van der Waals surface area contributed by atoms with E-state index in [0.29, 0.717) is 19.1 Å². The number of benzene rings is 2. The second kappa shape index (κ2) is 9.53. The van der Waals surface area contributed by atoms with Gasteiger partial charge in [-0.15, -0.1) is 0 Å². The predicted octanol–water partition coefficient (Wildman–Crippen LogP) is 3.29. The molecule has 33 heavy (non-hydrogen) atoms. The van der Waals surface area contributed by atoms with Crippen LogP contribution in [0.15, 0.2) is 48.6 Å². The Balaban J connectivity index is 1.12. The lowest BCUT2D eigenvalue weighted by Crippen LogP contribution is -2.44. The lowest BCUT2D eigenvalue weighted by atomic mass is 10.1. The quantitative estimate of drug-likeness (QED) is 0.613. The van der Waals surface area contributed by atoms with Gasteiger partial charge in [0, 0.05) is 37.6 Å². The summed E-state index contributed by atoms with van der Waals surface area (Å²) in [6, 6.07) is 11.8. The minimum atomic E-state index is -0.164. The Labute approximate surface area is 193 Å². The summed E-state index contributed by atoms with van der Waals surface area (Å²) in [7, 11) is 0. The van der Waals surface area contributed by atoms with Crippen LogP contribution >= 0.6 is 0 Å². The summed E-state index contributed by atoms with van der Waals surface area (Å²) in [5.41, 5.74) is 4.31. The molecule has 1 aliphatic carbocycles. The molecule has 3 aliphatic rings. The zero-order chi connectivity index (χ0) is 22.6. The Bertz CT molecular complexity index is 1120. The molecule has 2 heterocycles. The second-order valence-electron chi connectivity index (χ2n) is 8.80. The van der Waals surface area contributed by atoms with E-state index < -0.39 is 0 Å². The fraction of sp³-hybridized carbons (Fsp3) is 0.333. The van der Waals surface area contributed by atoms with E-state index >= 15 is 0 Å². The first kappa shape index (κ1) is 21.3. The number of amides is 2. The van der Waals surface area contributed by atoms with Crippen LogP contribution in [0.25, 0.3) is 12.2 Å². The highest BCUT2D eigenvalue weighted by Gasteiger charge is 2.32. The third kappa shape index (κ3) is 5.45. The molecular weight excluding hydrogens is 416 g/mol. The molecule has 0 aromatic heterocycles. The van der Waals surface area contributed by atoms with Crippen LogP contribution in [0.1, 0.15) is 35.1 Å². The van der Waals surface area contributed by atoms with Crippen LogP contribution in [0.4, 0.5) is 0 Å². The number of carbonyl (C=O) groups is 2. The van der Waals surface area contributed by atoms with E-state index in [1.807, 2.05) is 36.4 Å². The molecule has 1 fully saturated rings. The van der Waals surface area contributed by atoms with Gasteiger partial charge in [-0.1, -0.05) is 12.1 Å². The first-order valence-corrected chi connectivity index (χ1v) is 11.6. The zero-order valence-electron chi connectivity index (χ0n) is 18.5. The highest BCUT2D eigenvalue weighted by Crippen LogP contribution is 2.32. The summed E-state index contributed by atoms with van der Waals surface area (Å²) in [6.07, 6.45) is 10.7. The van der Waals surface area contributed by atoms with Gasteiger partial charge in [-0.3, -0.25) is 9.59 Å². The fourth-order valence-corrected chi connectivity index (χ4v) is 4.30. The molecule has 1 saturated carbocycles. The first-order valence-electron chi connectivity index (χ1n) is 11.6. The van der Waals surface area contributed by atoms with Crippen molar-refractivity contribution < 1.29 is 19.1 Å². The van der Waals surface area contributed by atoms with E-state index in [4.69, 9.17) is 9.47 Å². The highest BCUT2D eigenvalue weighted by atomic mass is 16.5. The predicted molar refractivity (Wildman–Crippen MR) is 127 cm³/mol. The van der Waals surface area contributed by atoms with E-state index in [1.165, 1.54) is 11.1 Å². The summed E-state index contributed by atoms with van der Waals surface area (Å²) in [6.45, 7) is 1.85. The van der Waals surface area contributed by atoms with E-state index in [0.717, 1.165) is 54.9 Å². The van der Waals surface area contributed by atoms with Crippen LogP contribution in [-0.4, -0.2) is 37.6 Å². The highest BCUT2D eigenvalue weighted by molar-refractivity contribution is 5.93. The topological polar surface area (TPSA) is 76.7 Å². The molecule has 2 aromatic rings. The van der Waals surface area contributed by atoms with Gasteiger partial charge in [-0.25, -0.2) is 0 Å². The van der Waals surface area contributed by atoms with Gasteiger partial charge < -0.3 is 20.1 Å². The number of ether oxygens (including phenoxy) is 2. The number of nitrogens with one attached hydrogen (secondary N) is 2. The van der Waals surface area contributed by atoms with Gasteiger partial charge in [0.25, 0.3) is 0 Å². The molecule has 2 aromatic carbocycles. The third-order valence-corrected chi connectivity index (χ3v) is 6.30. The van der Waals surface area contributed by atoms with Crippen LogP contribution in [0, 0.1) is 5.92 Å². The molecule has 5 rings (SSSR count). The summed E-state index contributed by atoms with van der Waals surface area (Å²) in [5.74, 6) is 1.97. The third-order valence-electron chi connectivity index (χ3n) is 6.30. The van der Waals surface area contributed by atoms with Crippen molar-refractivity contribution in [2.75, 3.05) is 19.8 Å². The molecule has 0 radical (unpaired) electrons. The minimum absolute atomic E-state index is 0.0648. The molecule has 0 spiro atoms. The number of carbonyl (C=O) groups excluding carboxylic acids is 2. The molecule has 1 unspecified atom stereocenters. The number of hydrogen-bond acceptors (Lipinski definition) is 4. The van der Waals surface area contributed by atoms with Crippen molar-refractivity contribution in [3.05, 3.63) is 70.8 Å². The monoisotopic (exact) mass is 444 g/mol. The first-order chi connectivity index (χ1) is 16.1. The fourth-order valence-electron chi connectivity index (χ4n) is 4.30. The van der Waals surface area contributed by atoms with Crippen LogP contribution in [-0.2, 0) is 22.4 Å². The van der Waals surface area contributed by atoms with Crippen LogP contribution in [0.3, 0.4) is 0 Å². The zero-order valence-corrected chi connectivity index (χ0v) is 18.5. The van der Waals surface area contributed by atoms with Crippen molar-refractivity contribution in [2.45, 2.75) is 31.7 Å². The van der Waals surface area contributed by atoms with E-state index in [-0.39, 0.29) is 17.9 Å². The van der Waals surface area contributed by atoms with Gasteiger partial charge in [-0.2, -0.15) is 0 Å². The summed E-state index contributed by atoms with van der Waals surface area (Å²) < 4.78 is 11.0. The van der Waals surface area contributed by atoms with Crippen molar-refractivity contribution in [1.29, 1.82) is 0 Å². The molecule has 2 aliphatic heterocycles. The molecule has 170 valence electrons. The lowest BCUT2D eigenvalue weighted by Gasteiger charge is -2.17. The molecule has 2 amide bonds. The van der Waals surface area contributed by atoms with Crippen LogP contribution < -0.4 is 20.1 Å². The minimum Gasteiger partial charge on any atom is -0.493 e. The van der Waals surface area contributed by atoms with E-state index in [9.17, 15) is 9.59 Å². The van der Waals surface area contributed by atoms with Gasteiger partial charge in [0.2, 0.25) is 11.8 Å². The lowest BCUT2D eigenvalue weighted by molar-refractivity contribution is -0.119. The molecular formula is C27H28N2O4. The Hall–Kier alpha value is -3.54. The van der Waals surface area contributed by atoms with E-state index in [2.05, 4.69) is 22.8 Å². The molecule has 6 heteroatoms. The number of hydrogen-bond donors (Lipinski definition) is 2. The van der Waals surface area contributed by atoms with Crippen molar-refractivity contribution in [3.63, 3.8) is 0 Å². The Morgan fingerprint density at radius 1 is 0.879 bits per heavy atom. The van der Waals surface area contributed by atoms with Crippen molar-refractivity contribution in [3.8, 4) is 11.5 Å². The second-order valence-corrected chi connectivity index (χ2v) is 8.80. The SMILES string of the molecule is O=C(C=Cc1ccc2c(c1)CCO2)NCC(NC(=O)C=Cc1ccc2c(c1)CCO2)C1CC1. The summed E-state index contributed by atoms with van der Waals surface area (Å²) >= 11 is 0. The smallest absolute Gasteiger partial charge is 0.244 e. The van der Waals surface area contributed by atoms with Crippen molar-refractivity contribution >= 4 is 24.0 Å². The Morgan fingerprint density at radius 2 is 1.45 bits per heavy atom. The van der Waals surface area contributed by atoms with Gasteiger partial charge >= 0.3 is 0 Å². The van der Waals surface area contributed by atoms with Gasteiger partial charge in [0.05, 0.1) is 13.2 Å². The number of fused-ring (bicyclic) bond motifs is 2. The number of rotatable bonds is 8. The molecule has 1 atom stereocenters. The average Bonchev–Trinajstić information content (AvgIpc) is 3.38. The normalized spacial score (nSPS) is 17.3. The standard InChI is InChI=1S/C27H28N2O4/c30-26(9-3-18-1-7-24-21(15-18)11-13-32-24)28-17-23(20-5-6-20)29-27(31)10-4-19-2-8-25-22(16-19)12-14-33-25/h1-4,7-10,15-16,20,23H,5-6,11-14,17H2,(H,28,30)(H,29,31). The van der Waals surface area contributed by atoms with Gasteiger partial charge in [0.1, 0.15) is 11.5 Å². The molecule has 6 nitrogen and oxygen atoms in total. The van der Waals surface area contributed by atoms with Gasteiger partial charge in [0.15, 0.2) is 0 Å². The van der Waals surface area contributed by atoms with Crippen LogP contribution in [0.5, 0.6) is 11.5 Å². The maximum atomic E-state index is 12.5. The summed E-state index contributed by atoms with van der Waals surface area (Å²) in [4.78, 5) is 24.8. The molecule has 0 saturated heterocycles. The largest absolute Gasteiger partial charge is 0.493 e. The molecule has 0 bridgehead atoms.